The molecule has 0 fully saturated rings. The molecule has 11 heavy (non-hydrogen) atoms. The number of carbonyl (C=O) groups excluding carboxylic acids is 1. The molecule has 3 heteroatoms. The topological polar surface area (TPSA) is 22.0 Å². The maximum absolute atomic E-state index is 10.5. The number of nitrogens with zero attached hydrogens (tertiary/aromatic N) is 1. The standard InChI is InChI=1S/C8H7NOS/c1-9-4-6(5-10)8-7(9)2-3-11-8/h2-5H,1H3. The molecule has 0 aliphatic heterocycles. The molecule has 0 spiro atoms. The smallest absolute Gasteiger partial charge is 0.153 e. The summed E-state index contributed by atoms with van der Waals surface area (Å²) in [5, 5.41) is 2.00. The molecule has 0 saturated heterocycles. The Morgan fingerprint density at radius 3 is 3.18 bits per heavy atom. The number of aromatic nitrogens is 1. The third kappa shape index (κ3) is 0.811. The van der Waals surface area contributed by atoms with E-state index in [2.05, 4.69) is 0 Å². The minimum absolute atomic E-state index is 0.789. The van der Waals surface area contributed by atoms with Crippen LogP contribution in [0.1, 0.15) is 10.4 Å². The molecular weight excluding hydrogens is 158 g/mol. The highest BCUT2D eigenvalue weighted by Crippen LogP contribution is 2.24. The summed E-state index contributed by atoms with van der Waals surface area (Å²) in [6.07, 6.45) is 2.76. The summed E-state index contributed by atoms with van der Waals surface area (Å²) in [5.41, 5.74) is 1.93. The summed E-state index contributed by atoms with van der Waals surface area (Å²) >= 11 is 1.61. The molecule has 0 bridgehead atoms. The zero-order chi connectivity index (χ0) is 7.84. The summed E-state index contributed by atoms with van der Waals surface area (Å²) in [6, 6.07) is 2.02. The van der Waals surface area contributed by atoms with Crippen molar-refractivity contribution in [1.82, 2.24) is 4.57 Å². The molecule has 2 heterocycles. The van der Waals surface area contributed by atoms with Gasteiger partial charge >= 0.3 is 0 Å². The Hall–Kier alpha value is -1.09. The molecule has 0 radical (unpaired) electrons. The maximum atomic E-state index is 10.5. The summed E-state index contributed by atoms with van der Waals surface area (Å²) in [5.74, 6) is 0. The lowest BCUT2D eigenvalue weighted by Crippen LogP contribution is -1.80. The number of rotatable bonds is 1. The normalized spacial score (nSPS) is 10.6. The van der Waals surface area contributed by atoms with Gasteiger partial charge < -0.3 is 4.57 Å². The molecule has 2 aromatic rings. The molecule has 2 rings (SSSR count). The van der Waals surface area contributed by atoms with Crippen LogP contribution in [0.4, 0.5) is 0 Å². The average molecular weight is 165 g/mol. The highest BCUT2D eigenvalue weighted by Gasteiger charge is 2.05. The SMILES string of the molecule is Cn1cc(C=O)c2sccc21. The van der Waals surface area contributed by atoms with Crippen molar-refractivity contribution in [3.63, 3.8) is 0 Å². The number of hydrogen-bond donors (Lipinski definition) is 0. The molecule has 2 nitrogen and oxygen atoms in total. The van der Waals surface area contributed by atoms with Crippen molar-refractivity contribution in [2.45, 2.75) is 0 Å². The lowest BCUT2D eigenvalue weighted by Gasteiger charge is -1.86. The van der Waals surface area contributed by atoms with Crippen LogP contribution in [0.2, 0.25) is 0 Å². The van der Waals surface area contributed by atoms with E-state index < -0.39 is 0 Å². The van der Waals surface area contributed by atoms with Gasteiger partial charge in [-0.15, -0.1) is 11.3 Å². The van der Waals surface area contributed by atoms with Crippen LogP contribution in [-0.4, -0.2) is 10.9 Å². The van der Waals surface area contributed by atoms with Gasteiger partial charge in [-0.2, -0.15) is 0 Å². The lowest BCUT2D eigenvalue weighted by molar-refractivity contribution is 0.112. The maximum Gasteiger partial charge on any atom is 0.153 e. The monoisotopic (exact) mass is 165 g/mol. The van der Waals surface area contributed by atoms with Crippen molar-refractivity contribution < 1.29 is 4.79 Å². The molecule has 0 N–H and O–H groups in total. The second-order valence-corrected chi connectivity index (χ2v) is 3.36. The van der Waals surface area contributed by atoms with Crippen molar-refractivity contribution in [1.29, 1.82) is 0 Å². The summed E-state index contributed by atoms with van der Waals surface area (Å²) in [4.78, 5) is 10.5. The Morgan fingerprint density at radius 2 is 2.45 bits per heavy atom. The fourth-order valence-corrected chi connectivity index (χ4v) is 2.12. The predicted octanol–water partition coefficient (Wildman–Crippen LogP) is 2.05. The zero-order valence-corrected chi connectivity index (χ0v) is 6.89. The molecule has 0 aliphatic rings. The zero-order valence-electron chi connectivity index (χ0n) is 6.07. The highest BCUT2D eigenvalue weighted by atomic mass is 32.1. The highest BCUT2D eigenvalue weighted by molar-refractivity contribution is 7.17. The summed E-state index contributed by atoms with van der Waals surface area (Å²) in [6.45, 7) is 0. The third-order valence-corrected chi connectivity index (χ3v) is 2.70. The quantitative estimate of drug-likeness (QED) is 0.593. The molecule has 56 valence electrons. The largest absolute Gasteiger partial charge is 0.349 e. The molecule has 2 aromatic heterocycles. The molecular formula is C8H7NOS. The van der Waals surface area contributed by atoms with Crippen LogP contribution in [0, 0.1) is 0 Å². The van der Waals surface area contributed by atoms with E-state index in [0.29, 0.717) is 0 Å². The van der Waals surface area contributed by atoms with Gasteiger partial charge in [0.15, 0.2) is 6.29 Å². The first kappa shape index (κ1) is 6.61. The first-order valence-corrected chi connectivity index (χ1v) is 4.18. The van der Waals surface area contributed by atoms with E-state index in [-0.39, 0.29) is 0 Å². The van der Waals surface area contributed by atoms with Gasteiger partial charge in [-0.1, -0.05) is 0 Å². The van der Waals surface area contributed by atoms with E-state index in [4.69, 9.17) is 0 Å². The van der Waals surface area contributed by atoms with E-state index in [0.717, 1.165) is 22.1 Å². The second kappa shape index (κ2) is 2.20. The van der Waals surface area contributed by atoms with Crippen LogP contribution >= 0.6 is 11.3 Å². The fourth-order valence-electron chi connectivity index (χ4n) is 1.22. The van der Waals surface area contributed by atoms with Crippen molar-refractivity contribution in [3.05, 3.63) is 23.2 Å². The van der Waals surface area contributed by atoms with Gasteiger partial charge in [0, 0.05) is 18.8 Å². The molecule has 0 aromatic carbocycles. The third-order valence-electron chi connectivity index (χ3n) is 1.75. The van der Waals surface area contributed by atoms with E-state index >= 15 is 0 Å². The average Bonchev–Trinajstić information content (AvgIpc) is 2.54. The van der Waals surface area contributed by atoms with Crippen LogP contribution < -0.4 is 0 Å². The second-order valence-electron chi connectivity index (χ2n) is 2.45. The van der Waals surface area contributed by atoms with Gasteiger partial charge in [0.2, 0.25) is 0 Å². The van der Waals surface area contributed by atoms with Gasteiger partial charge in [0.05, 0.1) is 10.2 Å². The van der Waals surface area contributed by atoms with E-state index in [1.54, 1.807) is 11.3 Å². The van der Waals surface area contributed by atoms with Crippen LogP contribution in [0.3, 0.4) is 0 Å². The van der Waals surface area contributed by atoms with E-state index in [1.165, 1.54) is 0 Å². The van der Waals surface area contributed by atoms with Crippen LogP contribution in [-0.2, 0) is 7.05 Å². The molecule has 0 unspecified atom stereocenters. The number of aryl methyl sites for hydroxylation is 1. The number of carbonyl (C=O) groups is 1. The van der Waals surface area contributed by atoms with E-state index in [1.807, 2.05) is 29.3 Å². The van der Waals surface area contributed by atoms with Gasteiger partial charge in [-0.3, -0.25) is 4.79 Å². The first-order chi connectivity index (χ1) is 5.33. The van der Waals surface area contributed by atoms with E-state index in [9.17, 15) is 4.79 Å². The Morgan fingerprint density at radius 1 is 1.64 bits per heavy atom. The molecule has 0 saturated carbocycles. The fraction of sp³-hybridized carbons (Fsp3) is 0.125. The van der Waals surface area contributed by atoms with Crippen molar-refractivity contribution in [2.75, 3.05) is 0 Å². The van der Waals surface area contributed by atoms with Gasteiger partial charge in [-0.05, 0) is 11.4 Å². The number of hydrogen-bond acceptors (Lipinski definition) is 2. The van der Waals surface area contributed by atoms with Crippen molar-refractivity contribution >= 4 is 27.8 Å². The minimum Gasteiger partial charge on any atom is -0.349 e. The first-order valence-electron chi connectivity index (χ1n) is 3.30. The Kier molecular flexibility index (Phi) is 1.32. The number of thiophene rings is 1. The lowest BCUT2D eigenvalue weighted by atomic mass is 10.3. The Labute approximate surface area is 68.1 Å². The van der Waals surface area contributed by atoms with Crippen molar-refractivity contribution in [2.24, 2.45) is 7.05 Å². The molecule has 0 aliphatic carbocycles. The molecule has 0 atom stereocenters. The van der Waals surface area contributed by atoms with Gasteiger partial charge in [0.1, 0.15) is 0 Å². The van der Waals surface area contributed by atoms with Crippen LogP contribution in [0.15, 0.2) is 17.6 Å². The summed E-state index contributed by atoms with van der Waals surface area (Å²) < 4.78 is 3.05. The minimum atomic E-state index is 0.789. The van der Waals surface area contributed by atoms with Gasteiger partial charge in [0.25, 0.3) is 0 Å². The predicted molar refractivity (Wildman–Crippen MR) is 46.2 cm³/mol. The number of fused-ring (bicyclic) bond motifs is 1. The van der Waals surface area contributed by atoms with Crippen LogP contribution in [0.5, 0.6) is 0 Å². The van der Waals surface area contributed by atoms with Crippen molar-refractivity contribution in [3.8, 4) is 0 Å². The van der Waals surface area contributed by atoms with Gasteiger partial charge in [-0.25, -0.2) is 0 Å². The number of aldehydes is 1. The molecule has 0 amide bonds. The Balaban J connectivity index is 2.90. The Bertz CT molecular complexity index is 399. The summed E-state index contributed by atoms with van der Waals surface area (Å²) in [7, 11) is 1.95. The van der Waals surface area contributed by atoms with Crippen LogP contribution in [0.25, 0.3) is 10.2 Å².